The van der Waals surface area contributed by atoms with E-state index < -0.39 is 0 Å². The van der Waals surface area contributed by atoms with Crippen molar-refractivity contribution in [2.75, 3.05) is 26.0 Å². The summed E-state index contributed by atoms with van der Waals surface area (Å²) < 4.78 is 0. The highest BCUT2D eigenvalue weighted by atomic mass is 32.1. The SMILES string of the molecule is Cc1ccc(C)c(NC(=S)NC[C@H](c2ccccc2)N(C)C)c1. The highest BCUT2D eigenvalue weighted by Gasteiger charge is 2.14. The molecule has 0 aromatic heterocycles. The van der Waals surface area contributed by atoms with Crippen LogP contribution in [0.5, 0.6) is 0 Å². The van der Waals surface area contributed by atoms with E-state index >= 15 is 0 Å². The van der Waals surface area contributed by atoms with Gasteiger partial charge in [-0.3, -0.25) is 0 Å². The normalized spacial score (nSPS) is 12.0. The fourth-order valence-corrected chi connectivity index (χ4v) is 2.69. The summed E-state index contributed by atoms with van der Waals surface area (Å²) >= 11 is 5.45. The molecular formula is C19H25N3S. The average Bonchev–Trinajstić information content (AvgIpc) is 2.52. The molecule has 23 heavy (non-hydrogen) atoms. The Labute approximate surface area is 144 Å². The third kappa shape index (κ3) is 5.05. The third-order valence-electron chi connectivity index (χ3n) is 3.90. The Hall–Kier alpha value is -1.91. The lowest BCUT2D eigenvalue weighted by atomic mass is 10.1. The first kappa shape index (κ1) is 17.4. The monoisotopic (exact) mass is 327 g/mol. The summed E-state index contributed by atoms with van der Waals surface area (Å²) in [4.78, 5) is 2.20. The number of rotatable bonds is 5. The maximum atomic E-state index is 5.45. The van der Waals surface area contributed by atoms with Crippen molar-refractivity contribution >= 4 is 23.0 Å². The molecule has 0 saturated heterocycles. The Kier molecular flexibility index (Phi) is 6.13. The molecule has 0 saturated carbocycles. The summed E-state index contributed by atoms with van der Waals surface area (Å²) in [6, 6.07) is 17.1. The zero-order valence-corrected chi connectivity index (χ0v) is 15.1. The first-order chi connectivity index (χ1) is 11.0. The molecule has 0 unspecified atom stereocenters. The molecule has 122 valence electrons. The zero-order chi connectivity index (χ0) is 16.8. The van der Waals surface area contributed by atoms with Crippen molar-refractivity contribution in [3.63, 3.8) is 0 Å². The highest BCUT2D eigenvalue weighted by molar-refractivity contribution is 7.80. The molecule has 0 bridgehead atoms. The van der Waals surface area contributed by atoms with Crippen LogP contribution in [0.25, 0.3) is 0 Å². The van der Waals surface area contributed by atoms with Crippen LogP contribution in [0.2, 0.25) is 0 Å². The summed E-state index contributed by atoms with van der Waals surface area (Å²) in [5.74, 6) is 0. The van der Waals surface area contributed by atoms with Crippen LogP contribution in [0.4, 0.5) is 5.69 Å². The molecule has 0 aliphatic carbocycles. The first-order valence-corrected chi connectivity index (χ1v) is 8.21. The molecule has 0 amide bonds. The van der Waals surface area contributed by atoms with E-state index in [1.807, 2.05) is 6.07 Å². The van der Waals surface area contributed by atoms with E-state index in [0.29, 0.717) is 5.11 Å². The second kappa shape index (κ2) is 8.09. The van der Waals surface area contributed by atoms with Crippen LogP contribution in [0.15, 0.2) is 48.5 Å². The number of aryl methyl sites for hydroxylation is 2. The van der Waals surface area contributed by atoms with E-state index in [1.54, 1.807) is 0 Å². The first-order valence-electron chi connectivity index (χ1n) is 7.81. The Morgan fingerprint density at radius 2 is 1.78 bits per heavy atom. The fourth-order valence-electron chi connectivity index (χ4n) is 2.50. The number of hydrogen-bond acceptors (Lipinski definition) is 2. The van der Waals surface area contributed by atoms with Crippen molar-refractivity contribution in [2.24, 2.45) is 0 Å². The van der Waals surface area contributed by atoms with Gasteiger partial charge in [0.1, 0.15) is 0 Å². The van der Waals surface area contributed by atoms with E-state index in [0.717, 1.165) is 12.2 Å². The molecule has 0 spiro atoms. The van der Waals surface area contributed by atoms with Crippen molar-refractivity contribution < 1.29 is 0 Å². The van der Waals surface area contributed by atoms with E-state index in [1.165, 1.54) is 16.7 Å². The van der Waals surface area contributed by atoms with Crippen molar-refractivity contribution in [1.29, 1.82) is 0 Å². The molecule has 0 aliphatic rings. The lowest BCUT2D eigenvalue weighted by Gasteiger charge is -2.26. The van der Waals surface area contributed by atoms with Gasteiger partial charge in [-0.25, -0.2) is 0 Å². The molecule has 0 radical (unpaired) electrons. The minimum Gasteiger partial charge on any atom is -0.361 e. The van der Waals surface area contributed by atoms with Crippen LogP contribution in [0.1, 0.15) is 22.7 Å². The van der Waals surface area contributed by atoms with Gasteiger partial charge in [0.25, 0.3) is 0 Å². The smallest absolute Gasteiger partial charge is 0.170 e. The summed E-state index contributed by atoms with van der Waals surface area (Å²) in [7, 11) is 4.17. The molecule has 3 nitrogen and oxygen atoms in total. The maximum Gasteiger partial charge on any atom is 0.170 e. The Morgan fingerprint density at radius 3 is 2.43 bits per heavy atom. The molecule has 2 N–H and O–H groups in total. The number of benzene rings is 2. The Balaban J connectivity index is 1.98. The molecule has 0 fully saturated rings. The van der Waals surface area contributed by atoms with Crippen LogP contribution in [0, 0.1) is 13.8 Å². The molecule has 2 aromatic rings. The molecule has 2 aromatic carbocycles. The topological polar surface area (TPSA) is 27.3 Å². The van der Waals surface area contributed by atoms with Crippen molar-refractivity contribution in [2.45, 2.75) is 19.9 Å². The zero-order valence-electron chi connectivity index (χ0n) is 14.3. The van der Waals surface area contributed by atoms with Crippen molar-refractivity contribution in [3.05, 3.63) is 65.2 Å². The molecule has 4 heteroatoms. The number of hydrogen-bond donors (Lipinski definition) is 2. The third-order valence-corrected chi connectivity index (χ3v) is 4.15. The lowest BCUT2D eigenvalue weighted by molar-refractivity contribution is 0.299. The largest absolute Gasteiger partial charge is 0.361 e. The van der Waals surface area contributed by atoms with Crippen LogP contribution >= 0.6 is 12.2 Å². The molecular weight excluding hydrogens is 302 g/mol. The van der Waals surface area contributed by atoms with Gasteiger partial charge in [0.05, 0.1) is 6.04 Å². The average molecular weight is 327 g/mol. The summed E-state index contributed by atoms with van der Waals surface area (Å²) in [6.45, 7) is 4.92. The number of anilines is 1. The molecule has 2 rings (SSSR count). The number of nitrogens with zero attached hydrogens (tertiary/aromatic N) is 1. The fraction of sp³-hybridized carbons (Fsp3) is 0.316. The molecule has 0 heterocycles. The van der Waals surface area contributed by atoms with Gasteiger partial charge < -0.3 is 15.5 Å². The van der Waals surface area contributed by atoms with Crippen LogP contribution in [0.3, 0.4) is 0 Å². The maximum absolute atomic E-state index is 5.45. The molecule has 1 atom stereocenters. The van der Waals surface area contributed by atoms with Gasteiger partial charge in [-0.1, -0.05) is 42.5 Å². The summed E-state index contributed by atoms with van der Waals surface area (Å²) in [5, 5.41) is 7.29. The summed E-state index contributed by atoms with van der Waals surface area (Å²) in [5.41, 5.74) is 4.74. The van der Waals surface area contributed by atoms with E-state index in [2.05, 4.69) is 85.9 Å². The predicted molar refractivity (Wildman–Crippen MR) is 103 cm³/mol. The number of likely N-dealkylation sites (N-methyl/N-ethyl adjacent to an activating group) is 1. The van der Waals surface area contributed by atoms with Crippen molar-refractivity contribution in [1.82, 2.24) is 10.2 Å². The van der Waals surface area contributed by atoms with Crippen molar-refractivity contribution in [3.8, 4) is 0 Å². The van der Waals surface area contributed by atoms with Crippen LogP contribution in [-0.4, -0.2) is 30.7 Å². The number of nitrogens with one attached hydrogen (secondary N) is 2. The Morgan fingerprint density at radius 1 is 1.09 bits per heavy atom. The predicted octanol–water partition coefficient (Wildman–Crippen LogP) is 3.89. The standard InChI is InChI=1S/C19H25N3S/c1-14-10-11-15(2)17(12-14)21-19(23)20-13-18(22(3)4)16-8-6-5-7-9-16/h5-12,18H,13H2,1-4H3,(H2,20,21,23)/t18-/m1/s1. The molecule has 0 aliphatic heterocycles. The van der Waals surface area contributed by atoms with Gasteiger partial charge in [-0.2, -0.15) is 0 Å². The van der Waals surface area contributed by atoms with Gasteiger partial charge in [0.2, 0.25) is 0 Å². The quantitative estimate of drug-likeness (QED) is 0.815. The minimum atomic E-state index is 0.273. The van der Waals surface area contributed by atoms with E-state index in [4.69, 9.17) is 12.2 Å². The second-order valence-corrected chi connectivity index (χ2v) is 6.45. The lowest BCUT2D eigenvalue weighted by Crippen LogP contribution is -2.36. The number of thiocarbonyl (C=S) groups is 1. The van der Waals surface area contributed by atoms with E-state index in [-0.39, 0.29) is 6.04 Å². The van der Waals surface area contributed by atoms with Crippen LogP contribution in [-0.2, 0) is 0 Å². The Bertz CT molecular complexity index is 653. The minimum absolute atomic E-state index is 0.273. The second-order valence-electron chi connectivity index (χ2n) is 6.04. The van der Waals surface area contributed by atoms with Gasteiger partial charge in [-0.05, 0) is 62.9 Å². The van der Waals surface area contributed by atoms with Gasteiger partial charge in [0, 0.05) is 12.2 Å². The summed E-state index contributed by atoms with van der Waals surface area (Å²) in [6.07, 6.45) is 0. The van der Waals surface area contributed by atoms with Gasteiger partial charge in [0.15, 0.2) is 5.11 Å². The van der Waals surface area contributed by atoms with Gasteiger partial charge >= 0.3 is 0 Å². The van der Waals surface area contributed by atoms with E-state index in [9.17, 15) is 0 Å². The van der Waals surface area contributed by atoms with Gasteiger partial charge in [-0.15, -0.1) is 0 Å². The highest BCUT2D eigenvalue weighted by Crippen LogP contribution is 2.18. The van der Waals surface area contributed by atoms with Crippen LogP contribution < -0.4 is 10.6 Å².